The van der Waals surface area contributed by atoms with E-state index in [0.29, 0.717) is 17.8 Å². The van der Waals surface area contributed by atoms with Crippen LogP contribution >= 0.6 is 0 Å². The zero-order valence-corrected chi connectivity index (χ0v) is 19.0. The molecule has 3 rings (SSSR count). The van der Waals surface area contributed by atoms with E-state index in [4.69, 9.17) is 5.11 Å². The van der Waals surface area contributed by atoms with Crippen LogP contribution in [0.2, 0.25) is 0 Å². The van der Waals surface area contributed by atoms with Crippen molar-refractivity contribution in [2.45, 2.75) is 79.1 Å². The van der Waals surface area contributed by atoms with Crippen molar-refractivity contribution < 1.29 is 15.3 Å². The van der Waals surface area contributed by atoms with Crippen LogP contribution in [0.5, 0.6) is 0 Å². The van der Waals surface area contributed by atoms with Gasteiger partial charge in [-0.1, -0.05) is 68.0 Å². The van der Waals surface area contributed by atoms with Gasteiger partial charge in [-0.05, 0) is 58.3 Å². The molecule has 3 nitrogen and oxygen atoms in total. The maximum Gasteiger partial charge on any atom is 0.0769 e. The van der Waals surface area contributed by atoms with Crippen LogP contribution in [0.3, 0.4) is 0 Å². The summed E-state index contributed by atoms with van der Waals surface area (Å²) in [6, 6.07) is 0. The van der Waals surface area contributed by atoms with E-state index in [-0.39, 0.29) is 6.10 Å². The molecule has 0 aliphatic heterocycles. The van der Waals surface area contributed by atoms with Gasteiger partial charge in [-0.15, -0.1) is 6.58 Å². The summed E-state index contributed by atoms with van der Waals surface area (Å²) >= 11 is 0. The minimum Gasteiger partial charge on any atom is -0.389 e. The van der Waals surface area contributed by atoms with Crippen molar-refractivity contribution in [2.75, 3.05) is 0 Å². The Kier molecular flexibility index (Phi) is 10.4. The highest BCUT2D eigenvalue weighted by atomic mass is 16.3. The summed E-state index contributed by atoms with van der Waals surface area (Å²) in [5.74, 6) is 1.27. The molecule has 28 heavy (non-hydrogen) atoms. The molecule has 3 N–H and O–H groups in total. The molecule has 3 aliphatic rings. The lowest BCUT2D eigenvalue weighted by molar-refractivity contribution is -0.0760. The highest BCUT2D eigenvalue weighted by Crippen LogP contribution is 2.58. The molecule has 1 fully saturated rings. The largest absolute Gasteiger partial charge is 0.389 e. The third-order valence-electron chi connectivity index (χ3n) is 5.52. The molecule has 0 aromatic heterocycles. The highest BCUT2D eigenvalue weighted by Gasteiger charge is 2.53. The number of allylic oxidation sites excluding steroid dienone is 3. The van der Waals surface area contributed by atoms with Gasteiger partial charge < -0.3 is 15.3 Å². The van der Waals surface area contributed by atoms with Crippen LogP contribution in [0.15, 0.2) is 60.8 Å². The molecule has 3 aliphatic carbocycles. The quantitative estimate of drug-likeness (QED) is 0.437. The Labute approximate surface area is 172 Å². The minimum atomic E-state index is -0.694. The number of hydrogen-bond acceptors (Lipinski definition) is 3. The van der Waals surface area contributed by atoms with Crippen LogP contribution in [0, 0.1) is 17.3 Å². The first kappa shape index (κ1) is 26.6. The van der Waals surface area contributed by atoms with E-state index in [1.54, 1.807) is 19.9 Å². The molecular weight excluding hydrogens is 348 g/mol. The third kappa shape index (κ3) is 8.72. The maximum absolute atomic E-state index is 9.65. The molecule has 0 saturated heterocycles. The average molecular weight is 391 g/mol. The van der Waals surface area contributed by atoms with Gasteiger partial charge in [0.05, 0.1) is 17.8 Å². The molecule has 160 valence electrons. The highest BCUT2D eigenvalue weighted by molar-refractivity contribution is 5.24. The molecule has 1 saturated carbocycles. The van der Waals surface area contributed by atoms with E-state index in [1.165, 1.54) is 18.1 Å². The van der Waals surface area contributed by atoms with Crippen LogP contribution in [0.1, 0.15) is 61.3 Å². The van der Waals surface area contributed by atoms with Crippen molar-refractivity contribution in [3.05, 3.63) is 60.8 Å². The Morgan fingerprint density at radius 1 is 1.32 bits per heavy atom. The van der Waals surface area contributed by atoms with E-state index >= 15 is 0 Å². The van der Waals surface area contributed by atoms with Crippen LogP contribution in [-0.4, -0.2) is 33.1 Å². The summed E-state index contributed by atoms with van der Waals surface area (Å²) in [5.41, 5.74) is 3.05. The van der Waals surface area contributed by atoms with E-state index in [0.717, 1.165) is 17.1 Å². The molecule has 3 heteroatoms. The minimum absolute atomic E-state index is 0.171. The molecule has 0 heterocycles. The maximum atomic E-state index is 9.65. The van der Waals surface area contributed by atoms with Crippen LogP contribution in [0.4, 0.5) is 0 Å². The summed E-state index contributed by atoms with van der Waals surface area (Å²) in [7, 11) is 0. The smallest absolute Gasteiger partial charge is 0.0769 e. The first-order valence-electron chi connectivity index (χ1n) is 10.0. The van der Waals surface area contributed by atoms with Gasteiger partial charge in [-0.2, -0.15) is 0 Å². The van der Waals surface area contributed by atoms with Crippen LogP contribution in [0.25, 0.3) is 0 Å². The van der Waals surface area contributed by atoms with E-state index in [1.807, 2.05) is 26.0 Å². The van der Waals surface area contributed by atoms with Gasteiger partial charge in [0.2, 0.25) is 0 Å². The van der Waals surface area contributed by atoms with Gasteiger partial charge in [0.25, 0.3) is 0 Å². The lowest BCUT2D eigenvalue weighted by Gasteiger charge is -2.57. The summed E-state index contributed by atoms with van der Waals surface area (Å²) in [6.45, 7) is 24.6. The number of aliphatic hydroxyl groups excluding tert-OH is 2. The Morgan fingerprint density at radius 3 is 2.11 bits per heavy atom. The Balaban J connectivity index is 0.000000411. The third-order valence-corrected chi connectivity index (χ3v) is 5.52. The topological polar surface area (TPSA) is 60.7 Å². The van der Waals surface area contributed by atoms with E-state index < -0.39 is 11.7 Å². The first-order valence-corrected chi connectivity index (χ1v) is 10.0. The molecule has 2 bridgehead atoms. The standard InChI is InChI=1S/2C10H16O.C5H10O/c1-6-4-9(11)8-5-7(6)10(8,2)3;1-5-9(4)7-10(11)6-8(2)3;1-4-5(2,3)6/h4,7-9,11H,5H2,1-3H3;5-6,10-11H,1,4,7H2,2-3H3;4,6H,1H2,2-3H3/t7-,8+,9+;10-;/m01./s1. The van der Waals surface area contributed by atoms with Gasteiger partial charge in [0.15, 0.2) is 0 Å². The molecule has 0 radical (unpaired) electrons. The van der Waals surface area contributed by atoms with Crippen molar-refractivity contribution in [3.63, 3.8) is 0 Å². The number of rotatable bonds is 5. The van der Waals surface area contributed by atoms with Crippen LogP contribution < -0.4 is 0 Å². The Hall–Kier alpha value is -1.42. The number of fused-ring (bicyclic) bond motifs is 1. The molecule has 4 atom stereocenters. The summed E-state index contributed by atoms with van der Waals surface area (Å²) < 4.78 is 0. The SMILES string of the molecule is C=CC(=C)C[C@H](O)C=C(C)C.C=CC(C)(C)O.CC1=C[C@@H](O)[C@H]2C[C@@H]1C2(C)C. The summed E-state index contributed by atoms with van der Waals surface area (Å²) in [5, 5.41) is 27.7. The van der Waals surface area contributed by atoms with Crippen molar-refractivity contribution in [1.82, 2.24) is 0 Å². The van der Waals surface area contributed by atoms with E-state index in [9.17, 15) is 10.2 Å². The summed E-state index contributed by atoms with van der Waals surface area (Å²) in [6.07, 6.45) is 8.21. The number of aliphatic hydroxyl groups is 3. The van der Waals surface area contributed by atoms with Crippen molar-refractivity contribution in [3.8, 4) is 0 Å². The van der Waals surface area contributed by atoms with Gasteiger partial charge >= 0.3 is 0 Å². The monoisotopic (exact) mass is 390 g/mol. The predicted octanol–water partition coefficient (Wildman–Crippen LogP) is 5.36. The lowest BCUT2D eigenvalue weighted by Crippen LogP contribution is -2.53. The zero-order chi connectivity index (χ0) is 22.3. The molecular formula is C25H42O3. The van der Waals surface area contributed by atoms with Gasteiger partial charge in [-0.3, -0.25) is 0 Å². The van der Waals surface area contributed by atoms with Crippen molar-refractivity contribution in [1.29, 1.82) is 0 Å². The molecule has 0 amide bonds. The average Bonchev–Trinajstić information content (AvgIpc) is 2.53. The summed E-state index contributed by atoms with van der Waals surface area (Å²) in [4.78, 5) is 0. The number of hydrogen-bond donors (Lipinski definition) is 3. The van der Waals surface area contributed by atoms with E-state index in [2.05, 4.69) is 40.5 Å². The fraction of sp³-hybridized carbons (Fsp3) is 0.600. The van der Waals surface area contributed by atoms with Gasteiger partial charge in [-0.25, -0.2) is 0 Å². The molecule has 0 aromatic rings. The zero-order valence-electron chi connectivity index (χ0n) is 19.0. The second kappa shape index (κ2) is 10.9. The Bertz CT molecular complexity index is 598. The van der Waals surface area contributed by atoms with Crippen molar-refractivity contribution in [2.24, 2.45) is 17.3 Å². The lowest BCUT2D eigenvalue weighted by atomic mass is 9.48. The predicted molar refractivity (Wildman–Crippen MR) is 121 cm³/mol. The fourth-order valence-electron chi connectivity index (χ4n) is 3.61. The van der Waals surface area contributed by atoms with Gasteiger partial charge in [0.1, 0.15) is 0 Å². The molecule has 0 aromatic carbocycles. The first-order chi connectivity index (χ1) is 12.7. The van der Waals surface area contributed by atoms with Gasteiger partial charge in [0, 0.05) is 6.42 Å². The Morgan fingerprint density at radius 2 is 1.82 bits per heavy atom. The normalized spacial score (nSPS) is 25.2. The molecule has 0 unspecified atom stereocenters. The van der Waals surface area contributed by atoms with Crippen LogP contribution in [-0.2, 0) is 0 Å². The fourth-order valence-corrected chi connectivity index (χ4v) is 3.61. The second-order valence-corrected chi connectivity index (χ2v) is 9.35. The van der Waals surface area contributed by atoms with Crippen molar-refractivity contribution >= 4 is 0 Å². The molecule has 0 spiro atoms. The second-order valence-electron chi connectivity index (χ2n) is 9.35.